The molecule has 0 aromatic heterocycles. The molecule has 10 nitrogen and oxygen atoms in total. The van der Waals surface area contributed by atoms with Crippen molar-refractivity contribution in [2.75, 3.05) is 26.9 Å². The van der Waals surface area contributed by atoms with E-state index in [-0.39, 0.29) is 12.5 Å². The van der Waals surface area contributed by atoms with Gasteiger partial charge >= 0.3 is 0 Å². The van der Waals surface area contributed by atoms with Crippen molar-refractivity contribution in [2.24, 2.45) is 11.7 Å². The van der Waals surface area contributed by atoms with Crippen LogP contribution in [0.3, 0.4) is 0 Å². The number of aliphatic hydroxyl groups excluding tert-OH is 4. The highest BCUT2D eigenvalue weighted by molar-refractivity contribution is 4.96. The van der Waals surface area contributed by atoms with Crippen LogP contribution in [0.4, 0.5) is 0 Å². The van der Waals surface area contributed by atoms with Crippen LogP contribution in [0.15, 0.2) is 0 Å². The third kappa shape index (κ3) is 4.96. The lowest BCUT2D eigenvalue weighted by atomic mass is 9.89. The van der Waals surface area contributed by atoms with Crippen LogP contribution in [0.5, 0.6) is 0 Å². The van der Waals surface area contributed by atoms with Crippen LogP contribution >= 0.6 is 0 Å². The molecule has 2 aliphatic heterocycles. The number of nitrogens with two attached hydrogens (primary N) is 1. The van der Waals surface area contributed by atoms with Crippen molar-refractivity contribution in [1.82, 2.24) is 5.32 Å². The van der Waals surface area contributed by atoms with Gasteiger partial charge in [-0.2, -0.15) is 0 Å². The van der Waals surface area contributed by atoms with Gasteiger partial charge < -0.3 is 50.4 Å². The molecule has 7 N–H and O–H groups in total. The standard InChI is InChI=1S/C17H34N2O8/c1-4-5-19-12-14(23)15(10(7-21)26-17(12)24-3)27-16-11(18)13(22)8(2)9(6-20)25-16/h8-17,19-23H,4-7,18H2,1-3H3. The van der Waals surface area contributed by atoms with Gasteiger partial charge in [-0.05, 0) is 13.0 Å². The lowest BCUT2D eigenvalue weighted by Crippen LogP contribution is -2.67. The Labute approximate surface area is 159 Å². The molecule has 0 spiro atoms. The summed E-state index contributed by atoms with van der Waals surface area (Å²) in [6, 6.07) is -1.46. The van der Waals surface area contributed by atoms with Gasteiger partial charge in [-0.3, -0.25) is 0 Å². The average Bonchev–Trinajstić information content (AvgIpc) is 2.68. The largest absolute Gasteiger partial charge is 0.394 e. The van der Waals surface area contributed by atoms with E-state index in [0.29, 0.717) is 6.54 Å². The SMILES string of the molecule is CCCNC1C(OC)OC(CO)C(OC2OC(CO)C(C)C(O)C2N)C1O. The zero-order chi connectivity index (χ0) is 20.1. The van der Waals surface area contributed by atoms with Crippen LogP contribution in [0, 0.1) is 5.92 Å². The predicted octanol–water partition coefficient (Wildman–Crippen LogP) is -2.49. The van der Waals surface area contributed by atoms with Gasteiger partial charge in [0.25, 0.3) is 0 Å². The van der Waals surface area contributed by atoms with E-state index in [9.17, 15) is 20.4 Å². The van der Waals surface area contributed by atoms with Gasteiger partial charge in [-0.15, -0.1) is 0 Å². The summed E-state index contributed by atoms with van der Waals surface area (Å²) in [5, 5.41) is 43.5. The molecule has 27 heavy (non-hydrogen) atoms. The van der Waals surface area contributed by atoms with E-state index in [2.05, 4.69) is 5.32 Å². The number of hydrogen-bond acceptors (Lipinski definition) is 10. The van der Waals surface area contributed by atoms with Crippen LogP contribution < -0.4 is 11.1 Å². The van der Waals surface area contributed by atoms with E-state index >= 15 is 0 Å². The fourth-order valence-corrected chi connectivity index (χ4v) is 3.57. The Morgan fingerprint density at radius 1 is 1.04 bits per heavy atom. The second-order valence-corrected chi connectivity index (χ2v) is 7.18. The van der Waals surface area contributed by atoms with E-state index in [1.54, 1.807) is 6.92 Å². The lowest BCUT2D eigenvalue weighted by molar-refractivity contribution is -0.324. The zero-order valence-corrected chi connectivity index (χ0v) is 16.1. The van der Waals surface area contributed by atoms with Crippen LogP contribution in [0.1, 0.15) is 20.3 Å². The number of hydrogen-bond donors (Lipinski definition) is 6. The maximum Gasteiger partial charge on any atom is 0.176 e. The van der Waals surface area contributed by atoms with E-state index in [4.69, 9.17) is 24.7 Å². The Balaban J connectivity index is 2.15. The molecule has 2 rings (SSSR count). The van der Waals surface area contributed by atoms with Crippen molar-refractivity contribution >= 4 is 0 Å². The quantitative estimate of drug-likeness (QED) is 0.260. The Kier molecular flexibility index (Phi) is 8.81. The number of nitrogens with one attached hydrogen (secondary N) is 1. The molecule has 0 radical (unpaired) electrons. The lowest BCUT2D eigenvalue weighted by Gasteiger charge is -2.47. The normalized spacial score (nSPS) is 45.8. The van der Waals surface area contributed by atoms with Gasteiger partial charge in [0.15, 0.2) is 12.6 Å². The van der Waals surface area contributed by atoms with Crippen molar-refractivity contribution in [3.05, 3.63) is 0 Å². The third-order valence-electron chi connectivity index (χ3n) is 5.33. The molecular formula is C17H34N2O8. The minimum Gasteiger partial charge on any atom is -0.394 e. The van der Waals surface area contributed by atoms with Gasteiger partial charge in [-0.25, -0.2) is 0 Å². The fraction of sp³-hybridized carbons (Fsp3) is 1.00. The highest BCUT2D eigenvalue weighted by Crippen LogP contribution is 2.30. The molecule has 10 unspecified atom stereocenters. The predicted molar refractivity (Wildman–Crippen MR) is 94.6 cm³/mol. The molecule has 2 heterocycles. The highest BCUT2D eigenvalue weighted by Gasteiger charge is 2.49. The molecule has 10 atom stereocenters. The summed E-state index contributed by atoms with van der Waals surface area (Å²) in [5.41, 5.74) is 6.04. The molecule has 2 aliphatic rings. The second kappa shape index (κ2) is 10.4. The van der Waals surface area contributed by atoms with E-state index in [1.165, 1.54) is 7.11 Å². The summed E-state index contributed by atoms with van der Waals surface area (Å²) in [6.45, 7) is 3.63. The molecule has 2 fully saturated rings. The summed E-state index contributed by atoms with van der Waals surface area (Å²) in [4.78, 5) is 0. The number of methoxy groups -OCH3 is 1. The van der Waals surface area contributed by atoms with Crippen molar-refractivity contribution in [1.29, 1.82) is 0 Å². The van der Waals surface area contributed by atoms with Crippen molar-refractivity contribution in [3.8, 4) is 0 Å². The van der Waals surface area contributed by atoms with Crippen LogP contribution in [-0.2, 0) is 18.9 Å². The maximum atomic E-state index is 10.8. The van der Waals surface area contributed by atoms with E-state index < -0.39 is 61.8 Å². The van der Waals surface area contributed by atoms with Gasteiger partial charge in [0.2, 0.25) is 0 Å². The van der Waals surface area contributed by atoms with Crippen molar-refractivity contribution in [3.63, 3.8) is 0 Å². The first-order valence-electron chi connectivity index (χ1n) is 9.45. The van der Waals surface area contributed by atoms with Crippen molar-refractivity contribution in [2.45, 2.75) is 75.5 Å². The van der Waals surface area contributed by atoms with Gasteiger partial charge in [0.1, 0.15) is 18.3 Å². The number of ether oxygens (including phenoxy) is 4. The molecule has 160 valence electrons. The molecule has 0 aliphatic carbocycles. The Bertz CT molecular complexity index is 443. The average molecular weight is 394 g/mol. The Morgan fingerprint density at radius 3 is 2.22 bits per heavy atom. The molecule has 10 heteroatoms. The topological polar surface area (TPSA) is 156 Å². The number of aliphatic hydroxyl groups is 4. The first kappa shape index (κ1) is 22.9. The summed E-state index contributed by atoms with van der Waals surface area (Å²) in [7, 11) is 1.46. The van der Waals surface area contributed by atoms with Gasteiger partial charge in [0.05, 0.1) is 37.5 Å². The second-order valence-electron chi connectivity index (χ2n) is 7.18. The van der Waals surface area contributed by atoms with Crippen molar-refractivity contribution < 1.29 is 39.4 Å². The smallest absolute Gasteiger partial charge is 0.176 e. The fourth-order valence-electron chi connectivity index (χ4n) is 3.57. The summed E-state index contributed by atoms with van der Waals surface area (Å²) in [6.07, 6.45) is -5.51. The van der Waals surface area contributed by atoms with Gasteiger partial charge in [-0.1, -0.05) is 13.8 Å². The minimum absolute atomic E-state index is 0.301. The molecule has 0 saturated carbocycles. The highest BCUT2D eigenvalue weighted by atomic mass is 16.7. The maximum absolute atomic E-state index is 10.8. The molecule has 2 saturated heterocycles. The Hall–Kier alpha value is -0.400. The third-order valence-corrected chi connectivity index (χ3v) is 5.33. The Morgan fingerprint density at radius 2 is 1.67 bits per heavy atom. The summed E-state index contributed by atoms with van der Waals surface area (Å²) >= 11 is 0. The molecule has 0 amide bonds. The minimum atomic E-state index is -1.08. The van der Waals surface area contributed by atoms with Gasteiger partial charge in [0, 0.05) is 13.0 Å². The molecule has 0 aromatic rings. The zero-order valence-electron chi connectivity index (χ0n) is 16.1. The van der Waals surface area contributed by atoms with Crippen LogP contribution in [0.25, 0.3) is 0 Å². The molecular weight excluding hydrogens is 360 g/mol. The van der Waals surface area contributed by atoms with Crippen LogP contribution in [-0.4, -0.2) is 102 Å². The van der Waals surface area contributed by atoms with Crippen LogP contribution in [0.2, 0.25) is 0 Å². The van der Waals surface area contributed by atoms with E-state index in [1.807, 2.05) is 6.92 Å². The van der Waals surface area contributed by atoms with E-state index in [0.717, 1.165) is 6.42 Å². The number of rotatable bonds is 8. The first-order valence-corrected chi connectivity index (χ1v) is 9.45. The molecule has 0 bridgehead atoms. The first-order chi connectivity index (χ1) is 12.9. The molecule has 0 aromatic carbocycles. The monoisotopic (exact) mass is 394 g/mol. The summed E-state index contributed by atoms with van der Waals surface area (Å²) < 4.78 is 22.6. The summed E-state index contributed by atoms with van der Waals surface area (Å²) in [5.74, 6) is -0.372.